The smallest absolute Gasteiger partial charge is 0.320 e. The Hall–Kier alpha value is -0.350. The first-order valence-corrected chi connectivity index (χ1v) is 6.32. The third kappa shape index (κ3) is 3.31. The largest absolute Gasteiger partial charge is 0.468 e. The molecule has 0 radical (unpaired) electrons. The number of hydrogen-bond donors (Lipinski definition) is 0. The van der Waals surface area contributed by atoms with E-state index >= 15 is 0 Å². The fraction of sp³-hybridized carbons (Fsp3) is 0.364. The van der Waals surface area contributed by atoms with Crippen LogP contribution in [0, 0.1) is 6.92 Å². The van der Waals surface area contributed by atoms with Gasteiger partial charge in [0.05, 0.1) is 11.9 Å². The Kier molecular flexibility index (Phi) is 4.80. The number of methoxy groups -OCH3 is 1. The van der Waals surface area contributed by atoms with Crippen molar-refractivity contribution >= 4 is 37.8 Å². The summed E-state index contributed by atoms with van der Waals surface area (Å²) in [5.41, 5.74) is 2.25. The Morgan fingerprint density at radius 1 is 1.27 bits per heavy atom. The van der Waals surface area contributed by atoms with Crippen molar-refractivity contribution in [3.05, 3.63) is 35.4 Å². The average molecular weight is 336 g/mol. The van der Waals surface area contributed by atoms with Crippen LogP contribution in [0.5, 0.6) is 0 Å². The highest BCUT2D eigenvalue weighted by atomic mass is 79.9. The van der Waals surface area contributed by atoms with E-state index in [2.05, 4.69) is 36.6 Å². The second kappa shape index (κ2) is 5.66. The van der Waals surface area contributed by atoms with Crippen LogP contribution in [0.4, 0.5) is 0 Å². The Balaban J connectivity index is 2.80. The van der Waals surface area contributed by atoms with Gasteiger partial charge in [0, 0.05) is 0 Å². The van der Waals surface area contributed by atoms with Crippen molar-refractivity contribution in [3.8, 4) is 0 Å². The lowest BCUT2D eigenvalue weighted by atomic mass is 10.1. The van der Waals surface area contributed by atoms with Gasteiger partial charge >= 0.3 is 5.97 Å². The van der Waals surface area contributed by atoms with Crippen molar-refractivity contribution in [1.82, 2.24) is 0 Å². The molecule has 0 bridgehead atoms. The Morgan fingerprint density at radius 2 is 1.80 bits per heavy atom. The van der Waals surface area contributed by atoms with Crippen molar-refractivity contribution in [1.29, 1.82) is 0 Å². The fourth-order valence-electron chi connectivity index (χ4n) is 1.15. The van der Waals surface area contributed by atoms with Crippen molar-refractivity contribution < 1.29 is 9.53 Å². The van der Waals surface area contributed by atoms with E-state index in [9.17, 15) is 4.79 Å². The molecule has 0 aliphatic rings. The molecule has 0 heterocycles. The molecule has 82 valence electrons. The zero-order chi connectivity index (χ0) is 11.4. The van der Waals surface area contributed by atoms with Crippen LogP contribution in [0.25, 0.3) is 0 Å². The Labute approximate surface area is 106 Å². The van der Waals surface area contributed by atoms with Crippen LogP contribution < -0.4 is 0 Å². The molecule has 0 amide bonds. The lowest BCUT2D eigenvalue weighted by Gasteiger charge is -2.15. The van der Waals surface area contributed by atoms with Gasteiger partial charge in [-0.15, -0.1) is 0 Å². The van der Waals surface area contributed by atoms with Crippen LogP contribution in [-0.2, 0) is 9.53 Å². The third-order valence-electron chi connectivity index (χ3n) is 2.08. The quantitative estimate of drug-likeness (QED) is 0.625. The molecule has 0 N–H and O–H groups in total. The molecule has 1 aromatic rings. The maximum Gasteiger partial charge on any atom is 0.320 e. The predicted octanol–water partition coefficient (Wildman–Crippen LogP) is 3.37. The van der Waals surface area contributed by atoms with Gasteiger partial charge in [0.1, 0.15) is 4.83 Å². The SMILES string of the molecule is COC(=O)[C@@H](Br)[C@@H](Br)c1ccc(C)cc1. The minimum atomic E-state index is -0.370. The summed E-state index contributed by atoms with van der Waals surface area (Å²) < 4.78 is 4.66. The van der Waals surface area contributed by atoms with E-state index in [0.717, 1.165) is 5.56 Å². The molecule has 2 atom stereocenters. The topological polar surface area (TPSA) is 26.3 Å². The van der Waals surface area contributed by atoms with Gasteiger partial charge in [0.15, 0.2) is 0 Å². The van der Waals surface area contributed by atoms with Crippen molar-refractivity contribution in [2.75, 3.05) is 7.11 Å². The molecule has 2 nitrogen and oxygen atoms in total. The molecule has 0 aliphatic carbocycles. The maximum absolute atomic E-state index is 11.3. The molecular formula is C11H12Br2O2. The molecule has 0 unspecified atom stereocenters. The summed E-state index contributed by atoms with van der Waals surface area (Å²) in [5, 5.41) is 0. The highest BCUT2D eigenvalue weighted by Crippen LogP contribution is 2.31. The summed E-state index contributed by atoms with van der Waals surface area (Å²) in [6.45, 7) is 2.03. The zero-order valence-corrected chi connectivity index (χ0v) is 11.7. The minimum absolute atomic E-state index is 0.0782. The van der Waals surface area contributed by atoms with Gasteiger partial charge in [-0.3, -0.25) is 4.79 Å². The van der Waals surface area contributed by atoms with E-state index in [0.29, 0.717) is 0 Å². The molecule has 0 spiro atoms. The zero-order valence-electron chi connectivity index (χ0n) is 8.54. The molecule has 15 heavy (non-hydrogen) atoms. The molecule has 0 saturated carbocycles. The van der Waals surface area contributed by atoms with Gasteiger partial charge in [-0.25, -0.2) is 0 Å². The normalized spacial score (nSPS) is 14.4. The number of benzene rings is 1. The molecule has 0 fully saturated rings. The first-order chi connectivity index (χ1) is 7.06. The summed E-state index contributed by atoms with van der Waals surface area (Å²) >= 11 is 6.77. The average Bonchev–Trinajstić information content (AvgIpc) is 2.27. The van der Waals surface area contributed by atoms with Crippen molar-refractivity contribution in [2.24, 2.45) is 0 Å². The number of carbonyl (C=O) groups excluding carboxylic acids is 1. The third-order valence-corrected chi connectivity index (χ3v) is 4.75. The number of esters is 1. The second-order valence-electron chi connectivity index (χ2n) is 3.24. The number of hydrogen-bond acceptors (Lipinski definition) is 2. The number of carbonyl (C=O) groups is 1. The van der Waals surface area contributed by atoms with Gasteiger partial charge in [-0.2, -0.15) is 0 Å². The van der Waals surface area contributed by atoms with Crippen molar-refractivity contribution in [3.63, 3.8) is 0 Å². The Bertz CT molecular complexity index is 335. The van der Waals surface area contributed by atoms with E-state index < -0.39 is 0 Å². The lowest BCUT2D eigenvalue weighted by Crippen LogP contribution is -2.20. The Morgan fingerprint density at radius 3 is 2.27 bits per heavy atom. The first-order valence-electron chi connectivity index (χ1n) is 4.48. The van der Waals surface area contributed by atoms with Gasteiger partial charge in [-0.05, 0) is 12.5 Å². The van der Waals surface area contributed by atoms with Gasteiger partial charge in [0.25, 0.3) is 0 Å². The monoisotopic (exact) mass is 334 g/mol. The fourth-order valence-corrected chi connectivity index (χ4v) is 2.16. The van der Waals surface area contributed by atoms with Crippen LogP contribution >= 0.6 is 31.9 Å². The lowest BCUT2D eigenvalue weighted by molar-refractivity contribution is -0.139. The van der Waals surface area contributed by atoms with Crippen LogP contribution in [0.3, 0.4) is 0 Å². The van der Waals surface area contributed by atoms with Crippen molar-refractivity contribution in [2.45, 2.75) is 16.6 Å². The number of halogens is 2. The minimum Gasteiger partial charge on any atom is -0.468 e. The molecular weight excluding hydrogens is 324 g/mol. The van der Waals surface area contributed by atoms with E-state index in [-0.39, 0.29) is 15.6 Å². The highest BCUT2D eigenvalue weighted by Gasteiger charge is 2.25. The van der Waals surface area contributed by atoms with E-state index in [1.807, 2.05) is 31.2 Å². The highest BCUT2D eigenvalue weighted by molar-refractivity contribution is 9.12. The van der Waals surface area contributed by atoms with Crippen LogP contribution in [0.15, 0.2) is 24.3 Å². The summed E-state index contributed by atoms with van der Waals surface area (Å²) in [6, 6.07) is 8.01. The summed E-state index contributed by atoms with van der Waals surface area (Å²) in [7, 11) is 1.38. The summed E-state index contributed by atoms with van der Waals surface area (Å²) in [4.78, 5) is 10.8. The van der Waals surface area contributed by atoms with E-state index in [4.69, 9.17) is 0 Å². The van der Waals surface area contributed by atoms with Gasteiger partial charge in [0.2, 0.25) is 0 Å². The second-order valence-corrected chi connectivity index (χ2v) is 5.21. The number of alkyl halides is 2. The van der Waals surface area contributed by atoms with E-state index in [1.54, 1.807) is 0 Å². The van der Waals surface area contributed by atoms with Gasteiger partial charge < -0.3 is 4.74 Å². The van der Waals surface area contributed by atoms with Crippen LogP contribution in [0.2, 0.25) is 0 Å². The standard InChI is InChI=1S/C11H12Br2O2/c1-7-3-5-8(6-4-7)9(12)10(13)11(14)15-2/h3-6,9-10H,1-2H3/t9-,10-/m0/s1. The van der Waals surface area contributed by atoms with E-state index in [1.165, 1.54) is 12.7 Å². The predicted molar refractivity (Wildman–Crippen MR) is 67.6 cm³/mol. The molecule has 1 rings (SSSR count). The van der Waals surface area contributed by atoms with Crippen LogP contribution in [-0.4, -0.2) is 17.9 Å². The molecule has 0 saturated heterocycles. The molecule has 0 aromatic heterocycles. The first kappa shape index (κ1) is 12.7. The summed E-state index contributed by atoms with van der Waals surface area (Å²) in [6.07, 6.45) is 0. The van der Waals surface area contributed by atoms with Crippen LogP contribution in [0.1, 0.15) is 16.0 Å². The molecule has 4 heteroatoms. The molecule has 0 aliphatic heterocycles. The maximum atomic E-state index is 11.3. The summed E-state index contributed by atoms with van der Waals surface area (Å²) in [5.74, 6) is -0.280. The number of ether oxygens (including phenoxy) is 1. The number of aryl methyl sites for hydroxylation is 1. The van der Waals surface area contributed by atoms with Gasteiger partial charge in [-0.1, -0.05) is 61.7 Å². The number of rotatable bonds is 3. The molecule has 1 aromatic carbocycles.